The van der Waals surface area contributed by atoms with E-state index in [1.54, 1.807) is 11.3 Å². The molecule has 5 heteroatoms. The maximum Gasteiger partial charge on any atom is 0.238 e. The highest BCUT2D eigenvalue weighted by atomic mass is 32.2. The summed E-state index contributed by atoms with van der Waals surface area (Å²) >= 11 is 3.55. The van der Waals surface area contributed by atoms with E-state index in [1.165, 1.54) is 4.88 Å². The van der Waals surface area contributed by atoms with Gasteiger partial charge < -0.3 is 10.6 Å². The minimum atomic E-state index is -0.0371. The number of thiophene rings is 1. The summed E-state index contributed by atoms with van der Waals surface area (Å²) in [7, 11) is 0. The van der Waals surface area contributed by atoms with Crippen molar-refractivity contribution in [3.05, 3.63) is 22.4 Å². The molecule has 0 aliphatic carbocycles. The van der Waals surface area contributed by atoms with Crippen molar-refractivity contribution in [2.45, 2.75) is 25.9 Å². The first kappa shape index (κ1) is 13.9. The Hall–Kier alpha value is -0.520. The van der Waals surface area contributed by atoms with Gasteiger partial charge in [-0.1, -0.05) is 19.9 Å². The minimum absolute atomic E-state index is 0.0371. The van der Waals surface area contributed by atoms with Crippen molar-refractivity contribution in [2.24, 2.45) is 5.92 Å². The second kappa shape index (κ2) is 6.59. The van der Waals surface area contributed by atoms with E-state index in [9.17, 15) is 4.79 Å². The van der Waals surface area contributed by atoms with E-state index in [4.69, 9.17) is 0 Å². The molecule has 0 aromatic carbocycles. The molecule has 2 N–H and O–H groups in total. The summed E-state index contributed by atoms with van der Waals surface area (Å²) in [4.78, 5) is 13.5. The quantitative estimate of drug-likeness (QED) is 0.891. The second-order valence-corrected chi connectivity index (χ2v) is 6.96. The fourth-order valence-electron chi connectivity index (χ4n) is 2.02. The molecule has 2 rings (SSSR count). The Labute approximate surface area is 117 Å². The van der Waals surface area contributed by atoms with Crippen LogP contribution in [0.15, 0.2) is 17.5 Å². The van der Waals surface area contributed by atoms with Crippen molar-refractivity contribution in [1.82, 2.24) is 10.6 Å². The number of rotatable bonds is 4. The molecule has 2 heterocycles. The molecule has 1 aliphatic rings. The van der Waals surface area contributed by atoms with Crippen LogP contribution in [0.5, 0.6) is 0 Å². The zero-order chi connectivity index (χ0) is 13.0. The molecular formula is C13H20N2OS2. The number of hydrogen-bond donors (Lipinski definition) is 2. The van der Waals surface area contributed by atoms with E-state index in [-0.39, 0.29) is 18.0 Å². The van der Waals surface area contributed by atoms with Crippen LogP contribution in [0.4, 0.5) is 0 Å². The summed E-state index contributed by atoms with van der Waals surface area (Å²) in [6.07, 6.45) is 0. The smallest absolute Gasteiger partial charge is 0.238 e. The predicted octanol–water partition coefficient (Wildman–Crippen LogP) is 2.27. The Morgan fingerprint density at radius 2 is 2.39 bits per heavy atom. The fraction of sp³-hybridized carbons (Fsp3) is 0.615. The van der Waals surface area contributed by atoms with Crippen LogP contribution in [0, 0.1) is 5.92 Å². The number of carbonyl (C=O) groups is 1. The fourth-order valence-corrected chi connectivity index (χ4v) is 3.91. The van der Waals surface area contributed by atoms with Crippen molar-refractivity contribution < 1.29 is 4.79 Å². The Morgan fingerprint density at radius 3 is 2.94 bits per heavy atom. The topological polar surface area (TPSA) is 41.1 Å². The average molecular weight is 284 g/mol. The molecule has 1 amide bonds. The third-order valence-corrected chi connectivity index (χ3v) is 5.07. The van der Waals surface area contributed by atoms with Crippen LogP contribution in [0.2, 0.25) is 0 Å². The number of hydrogen-bond acceptors (Lipinski definition) is 4. The Balaban J connectivity index is 1.98. The monoisotopic (exact) mass is 284 g/mol. The van der Waals surface area contributed by atoms with Gasteiger partial charge in [-0.05, 0) is 17.4 Å². The highest BCUT2D eigenvalue weighted by Gasteiger charge is 2.25. The lowest BCUT2D eigenvalue weighted by Crippen LogP contribution is -2.50. The lowest BCUT2D eigenvalue weighted by molar-refractivity contribution is -0.123. The van der Waals surface area contributed by atoms with E-state index in [1.807, 2.05) is 17.8 Å². The van der Waals surface area contributed by atoms with Crippen molar-refractivity contribution in [2.75, 3.05) is 18.1 Å². The van der Waals surface area contributed by atoms with Gasteiger partial charge in [0, 0.05) is 22.9 Å². The number of carbonyl (C=O) groups excluding carboxylic acids is 1. The third-order valence-electron chi connectivity index (χ3n) is 3.05. The van der Waals surface area contributed by atoms with Gasteiger partial charge in [0.15, 0.2) is 0 Å². The number of amides is 1. The van der Waals surface area contributed by atoms with E-state index >= 15 is 0 Å². The predicted molar refractivity (Wildman–Crippen MR) is 79.2 cm³/mol. The van der Waals surface area contributed by atoms with E-state index in [2.05, 4.69) is 35.9 Å². The summed E-state index contributed by atoms with van der Waals surface area (Å²) in [6.45, 7) is 5.22. The highest BCUT2D eigenvalue weighted by Crippen LogP contribution is 2.26. The summed E-state index contributed by atoms with van der Waals surface area (Å²) in [5, 5.41) is 8.52. The van der Waals surface area contributed by atoms with E-state index in [0.717, 1.165) is 18.1 Å². The summed E-state index contributed by atoms with van der Waals surface area (Å²) < 4.78 is 0. The molecule has 1 aromatic rings. The molecule has 1 saturated heterocycles. The lowest BCUT2D eigenvalue weighted by Gasteiger charge is -2.27. The first-order valence-corrected chi connectivity index (χ1v) is 8.37. The molecule has 0 spiro atoms. The van der Waals surface area contributed by atoms with Gasteiger partial charge in [-0.25, -0.2) is 0 Å². The summed E-state index contributed by atoms with van der Waals surface area (Å²) in [5.74, 6) is 2.52. The average Bonchev–Trinajstić information content (AvgIpc) is 2.90. The number of thioether (sulfide) groups is 1. The molecule has 2 unspecified atom stereocenters. The lowest BCUT2D eigenvalue weighted by atomic mass is 10.0. The van der Waals surface area contributed by atoms with Gasteiger partial charge in [-0.2, -0.15) is 11.8 Å². The molecule has 0 radical (unpaired) electrons. The standard InChI is InChI=1S/C13H20N2OS2/c1-9(2)12(11-4-3-6-18-11)15-13(16)10-8-17-7-5-14-10/h3-4,6,9-10,12,14H,5,7-8H2,1-2H3,(H,15,16). The van der Waals surface area contributed by atoms with E-state index in [0.29, 0.717) is 5.92 Å². The Morgan fingerprint density at radius 1 is 1.56 bits per heavy atom. The van der Waals surface area contributed by atoms with Crippen LogP contribution in [-0.2, 0) is 4.79 Å². The van der Waals surface area contributed by atoms with Gasteiger partial charge in [-0.15, -0.1) is 11.3 Å². The molecule has 3 nitrogen and oxygen atoms in total. The van der Waals surface area contributed by atoms with Gasteiger partial charge in [0.1, 0.15) is 0 Å². The van der Waals surface area contributed by atoms with Gasteiger partial charge >= 0.3 is 0 Å². The highest BCUT2D eigenvalue weighted by molar-refractivity contribution is 7.99. The van der Waals surface area contributed by atoms with Gasteiger partial charge in [0.2, 0.25) is 5.91 Å². The SMILES string of the molecule is CC(C)C(NC(=O)C1CSCCN1)c1cccs1. The molecule has 0 saturated carbocycles. The van der Waals surface area contributed by atoms with Crippen LogP contribution < -0.4 is 10.6 Å². The molecule has 0 bridgehead atoms. The maximum atomic E-state index is 12.2. The molecule has 1 fully saturated rings. The van der Waals surface area contributed by atoms with Crippen LogP contribution in [-0.4, -0.2) is 30.0 Å². The van der Waals surface area contributed by atoms with Gasteiger partial charge in [0.05, 0.1) is 12.1 Å². The zero-order valence-corrected chi connectivity index (χ0v) is 12.4. The van der Waals surface area contributed by atoms with Crippen molar-refractivity contribution >= 4 is 29.0 Å². The van der Waals surface area contributed by atoms with Crippen molar-refractivity contribution in [3.8, 4) is 0 Å². The minimum Gasteiger partial charge on any atom is -0.347 e. The molecule has 1 aromatic heterocycles. The molecule has 1 aliphatic heterocycles. The molecule has 2 atom stereocenters. The largest absolute Gasteiger partial charge is 0.347 e. The first-order valence-electron chi connectivity index (χ1n) is 6.33. The normalized spacial score (nSPS) is 21.8. The van der Waals surface area contributed by atoms with Crippen LogP contribution in [0.25, 0.3) is 0 Å². The molecular weight excluding hydrogens is 264 g/mol. The molecule has 100 valence electrons. The Kier molecular flexibility index (Phi) is 5.09. The van der Waals surface area contributed by atoms with E-state index < -0.39 is 0 Å². The first-order chi connectivity index (χ1) is 8.68. The summed E-state index contributed by atoms with van der Waals surface area (Å²) in [6, 6.07) is 4.23. The van der Waals surface area contributed by atoms with Crippen molar-refractivity contribution in [3.63, 3.8) is 0 Å². The Bertz CT molecular complexity index is 372. The van der Waals surface area contributed by atoms with Gasteiger partial charge in [-0.3, -0.25) is 4.79 Å². The maximum absolute atomic E-state index is 12.2. The summed E-state index contributed by atoms with van der Waals surface area (Å²) in [5.41, 5.74) is 0. The second-order valence-electron chi connectivity index (χ2n) is 4.83. The van der Waals surface area contributed by atoms with Crippen molar-refractivity contribution in [1.29, 1.82) is 0 Å². The van der Waals surface area contributed by atoms with Crippen LogP contribution >= 0.6 is 23.1 Å². The number of nitrogens with one attached hydrogen (secondary N) is 2. The van der Waals surface area contributed by atoms with Crippen LogP contribution in [0.3, 0.4) is 0 Å². The zero-order valence-electron chi connectivity index (χ0n) is 10.8. The van der Waals surface area contributed by atoms with Gasteiger partial charge in [0.25, 0.3) is 0 Å². The van der Waals surface area contributed by atoms with Crippen LogP contribution in [0.1, 0.15) is 24.8 Å². The third kappa shape index (κ3) is 3.49. The molecule has 18 heavy (non-hydrogen) atoms.